The standard InChI is InChI=1S/C20H15N5O2/c21-18-16-10(9-27-19(16)25-20(22)24-18)8-23-11-5-6-13-12-3-1-2-4-14(12)17(26)15(13)7-11/h1-7,9,23H,8H2,(H4,21,22,24,25). The van der Waals surface area contributed by atoms with Gasteiger partial charge in [-0.15, -0.1) is 0 Å². The number of nitrogens with one attached hydrogen (secondary N) is 1. The molecule has 27 heavy (non-hydrogen) atoms. The minimum Gasteiger partial charge on any atom is -0.446 e. The molecule has 0 bridgehead atoms. The van der Waals surface area contributed by atoms with Crippen molar-refractivity contribution in [1.82, 2.24) is 9.97 Å². The number of nitrogens with two attached hydrogens (primary N) is 2. The predicted octanol–water partition coefficient (Wildman–Crippen LogP) is 3.21. The summed E-state index contributed by atoms with van der Waals surface area (Å²) in [5.74, 6) is 0.402. The summed E-state index contributed by atoms with van der Waals surface area (Å²) in [6.07, 6.45) is 1.58. The minimum atomic E-state index is 0.0473. The topological polar surface area (TPSA) is 120 Å². The molecule has 0 atom stereocenters. The molecular weight excluding hydrogens is 342 g/mol. The first-order valence-corrected chi connectivity index (χ1v) is 8.43. The second kappa shape index (κ2) is 5.57. The molecule has 0 spiro atoms. The number of ketones is 1. The molecule has 0 saturated carbocycles. The number of furan rings is 1. The van der Waals surface area contributed by atoms with Gasteiger partial charge in [-0.1, -0.05) is 30.3 Å². The zero-order valence-electron chi connectivity index (χ0n) is 14.2. The largest absolute Gasteiger partial charge is 0.446 e. The normalized spacial score (nSPS) is 12.2. The van der Waals surface area contributed by atoms with Crippen molar-refractivity contribution in [2.45, 2.75) is 6.54 Å². The van der Waals surface area contributed by atoms with Gasteiger partial charge in [-0.3, -0.25) is 4.79 Å². The van der Waals surface area contributed by atoms with Gasteiger partial charge in [0, 0.05) is 28.9 Å². The quantitative estimate of drug-likeness (QED) is 0.453. The Kier molecular flexibility index (Phi) is 3.17. The van der Waals surface area contributed by atoms with E-state index in [4.69, 9.17) is 15.9 Å². The maximum absolute atomic E-state index is 12.6. The summed E-state index contributed by atoms with van der Waals surface area (Å²) < 4.78 is 5.43. The smallest absolute Gasteiger partial charge is 0.233 e. The van der Waals surface area contributed by atoms with Crippen LogP contribution in [0.1, 0.15) is 21.5 Å². The molecule has 0 radical (unpaired) electrons. The van der Waals surface area contributed by atoms with Crippen molar-refractivity contribution in [3.05, 3.63) is 65.4 Å². The van der Waals surface area contributed by atoms with Crippen LogP contribution in [0.3, 0.4) is 0 Å². The second-order valence-corrected chi connectivity index (χ2v) is 6.40. The van der Waals surface area contributed by atoms with E-state index in [1.807, 2.05) is 42.5 Å². The van der Waals surface area contributed by atoms with Crippen molar-refractivity contribution in [3.63, 3.8) is 0 Å². The number of nitrogens with zero attached hydrogens (tertiary/aromatic N) is 2. The fourth-order valence-corrected chi connectivity index (χ4v) is 3.51. The lowest BCUT2D eigenvalue weighted by atomic mass is 10.1. The maximum atomic E-state index is 12.6. The number of aromatic nitrogens is 2. The molecular formula is C20H15N5O2. The highest BCUT2D eigenvalue weighted by Crippen LogP contribution is 2.37. The summed E-state index contributed by atoms with van der Waals surface area (Å²) in [7, 11) is 0. The molecule has 0 fully saturated rings. The van der Waals surface area contributed by atoms with E-state index in [0.717, 1.165) is 27.9 Å². The Bertz CT molecular complexity index is 1230. The lowest BCUT2D eigenvalue weighted by molar-refractivity contribution is 0.104. The fraction of sp³-hybridized carbons (Fsp3) is 0.0500. The van der Waals surface area contributed by atoms with Gasteiger partial charge < -0.3 is 21.2 Å². The Balaban J connectivity index is 1.45. The van der Waals surface area contributed by atoms with E-state index in [2.05, 4.69) is 15.3 Å². The first kappa shape index (κ1) is 15.4. The average Bonchev–Trinajstić information content (AvgIpc) is 3.20. The van der Waals surface area contributed by atoms with Crippen LogP contribution in [0.15, 0.2) is 53.1 Å². The Hall–Kier alpha value is -3.87. The molecule has 132 valence electrons. The summed E-state index contributed by atoms with van der Waals surface area (Å²) in [6, 6.07) is 13.4. The molecule has 2 aromatic heterocycles. The van der Waals surface area contributed by atoms with Crippen LogP contribution < -0.4 is 16.8 Å². The third kappa shape index (κ3) is 2.32. The molecule has 5 N–H and O–H groups in total. The highest BCUT2D eigenvalue weighted by atomic mass is 16.3. The van der Waals surface area contributed by atoms with E-state index >= 15 is 0 Å². The van der Waals surface area contributed by atoms with E-state index in [0.29, 0.717) is 23.2 Å². The molecule has 4 aromatic rings. The van der Waals surface area contributed by atoms with Gasteiger partial charge in [-0.05, 0) is 23.3 Å². The molecule has 7 heteroatoms. The number of benzene rings is 2. The van der Waals surface area contributed by atoms with Crippen molar-refractivity contribution in [1.29, 1.82) is 0 Å². The average molecular weight is 357 g/mol. The summed E-state index contributed by atoms with van der Waals surface area (Å²) in [4.78, 5) is 20.7. The highest BCUT2D eigenvalue weighted by Gasteiger charge is 2.26. The lowest BCUT2D eigenvalue weighted by Crippen LogP contribution is -2.03. The number of carbonyl (C=O) groups is 1. The van der Waals surface area contributed by atoms with E-state index in [9.17, 15) is 4.79 Å². The van der Waals surface area contributed by atoms with Crippen molar-refractivity contribution in [3.8, 4) is 11.1 Å². The van der Waals surface area contributed by atoms with E-state index in [1.54, 1.807) is 6.26 Å². The number of carbonyl (C=O) groups excluding carboxylic acids is 1. The number of rotatable bonds is 3. The van der Waals surface area contributed by atoms with Gasteiger partial charge in [0.25, 0.3) is 0 Å². The minimum absolute atomic E-state index is 0.0473. The number of hydrogen-bond acceptors (Lipinski definition) is 7. The predicted molar refractivity (Wildman–Crippen MR) is 103 cm³/mol. The van der Waals surface area contributed by atoms with Gasteiger partial charge >= 0.3 is 0 Å². The fourth-order valence-electron chi connectivity index (χ4n) is 3.51. The second-order valence-electron chi connectivity index (χ2n) is 6.40. The third-order valence-electron chi connectivity index (χ3n) is 4.76. The van der Waals surface area contributed by atoms with E-state index in [-0.39, 0.29) is 17.5 Å². The van der Waals surface area contributed by atoms with Crippen LogP contribution >= 0.6 is 0 Å². The summed E-state index contributed by atoms with van der Waals surface area (Å²) >= 11 is 0. The third-order valence-corrected chi connectivity index (χ3v) is 4.76. The summed E-state index contributed by atoms with van der Waals surface area (Å²) in [6.45, 7) is 0.449. The zero-order chi connectivity index (χ0) is 18.5. The van der Waals surface area contributed by atoms with Gasteiger partial charge in [-0.25, -0.2) is 0 Å². The summed E-state index contributed by atoms with van der Waals surface area (Å²) in [5, 5.41) is 3.94. The van der Waals surface area contributed by atoms with Gasteiger partial charge in [0.1, 0.15) is 5.82 Å². The van der Waals surface area contributed by atoms with E-state index < -0.39 is 0 Å². The van der Waals surface area contributed by atoms with Crippen molar-refractivity contribution in [2.24, 2.45) is 0 Å². The van der Waals surface area contributed by atoms with Crippen LogP contribution in [-0.4, -0.2) is 15.8 Å². The number of fused-ring (bicyclic) bond motifs is 4. The molecule has 5 rings (SSSR count). The van der Waals surface area contributed by atoms with E-state index in [1.165, 1.54) is 0 Å². The van der Waals surface area contributed by atoms with Crippen LogP contribution in [0.2, 0.25) is 0 Å². The molecule has 2 heterocycles. The number of nitrogen functional groups attached to an aromatic ring is 2. The molecule has 0 saturated heterocycles. The monoisotopic (exact) mass is 357 g/mol. The molecule has 0 aliphatic heterocycles. The van der Waals surface area contributed by atoms with Crippen molar-refractivity contribution < 1.29 is 9.21 Å². The Morgan fingerprint density at radius 2 is 1.74 bits per heavy atom. The molecule has 7 nitrogen and oxygen atoms in total. The van der Waals surface area contributed by atoms with Gasteiger partial charge in [0.15, 0.2) is 5.78 Å². The zero-order valence-corrected chi connectivity index (χ0v) is 14.2. The highest BCUT2D eigenvalue weighted by molar-refractivity contribution is 6.22. The number of anilines is 3. The van der Waals surface area contributed by atoms with Crippen LogP contribution in [0, 0.1) is 0 Å². The maximum Gasteiger partial charge on any atom is 0.233 e. The molecule has 1 aliphatic carbocycles. The molecule has 0 amide bonds. The van der Waals surface area contributed by atoms with Crippen molar-refractivity contribution >= 4 is 34.3 Å². The van der Waals surface area contributed by atoms with Gasteiger partial charge in [-0.2, -0.15) is 9.97 Å². The Morgan fingerprint density at radius 3 is 2.59 bits per heavy atom. The summed E-state index contributed by atoms with van der Waals surface area (Å²) in [5.41, 5.74) is 16.9. The van der Waals surface area contributed by atoms with Crippen molar-refractivity contribution in [2.75, 3.05) is 16.8 Å². The van der Waals surface area contributed by atoms with Crippen LogP contribution in [0.25, 0.3) is 22.2 Å². The van der Waals surface area contributed by atoms with Crippen LogP contribution in [0.4, 0.5) is 17.5 Å². The Labute approximate surface area is 154 Å². The number of hydrogen-bond donors (Lipinski definition) is 3. The lowest BCUT2D eigenvalue weighted by Gasteiger charge is -2.08. The SMILES string of the molecule is Nc1nc(N)c2c(CNc3ccc4c(c3)C(=O)c3ccccc3-4)coc2n1. The Morgan fingerprint density at radius 1 is 0.963 bits per heavy atom. The molecule has 1 aliphatic rings. The molecule has 2 aromatic carbocycles. The molecule has 0 unspecified atom stereocenters. The van der Waals surface area contributed by atoms with Gasteiger partial charge in [0.05, 0.1) is 11.6 Å². The first-order valence-electron chi connectivity index (χ1n) is 8.43. The van der Waals surface area contributed by atoms with Crippen LogP contribution in [-0.2, 0) is 6.54 Å². The van der Waals surface area contributed by atoms with Gasteiger partial charge in [0.2, 0.25) is 11.7 Å². The first-order chi connectivity index (χ1) is 13.1. The van der Waals surface area contributed by atoms with Crippen LogP contribution in [0.5, 0.6) is 0 Å².